The Bertz CT molecular complexity index is 1470. The Kier molecular flexibility index (Phi) is 5.46. The lowest BCUT2D eigenvalue weighted by Gasteiger charge is -2.31. The van der Waals surface area contributed by atoms with Gasteiger partial charge in [-0.15, -0.1) is 12.4 Å². The van der Waals surface area contributed by atoms with E-state index in [2.05, 4.69) is 45.7 Å². The maximum atomic E-state index is 13.6. The molecule has 1 aromatic carbocycles. The zero-order valence-electron chi connectivity index (χ0n) is 21.3. The molecule has 194 valence electrons. The first-order valence-electron chi connectivity index (χ1n) is 13.0. The highest BCUT2D eigenvalue weighted by atomic mass is 35.5. The van der Waals surface area contributed by atoms with E-state index in [1.165, 1.54) is 12.8 Å². The number of aryl methyl sites for hydroxylation is 1. The molecule has 7 rings (SSSR count). The van der Waals surface area contributed by atoms with Gasteiger partial charge in [0.15, 0.2) is 5.82 Å². The molecule has 5 heterocycles. The Balaban J connectivity index is 0.00000252. The molecule has 8 nitrogen and oxygen atoms in total. The second-order valence-corrected chi connectivity index (χ2v) is 11.2. The molecule has 2 aromatic heterocycles. The molecule has 4 unspecified atom stereocenters. The van der Waals surface area contributed by atoms with E-state index in [9.17, 15) is 9.90 Å². The Labute approximate surface area is 222 Å². The van der Waals surface area contributed by atoms with Crippen LogP contribution in [0.1, 0.15) is 54.6 Å². The van der Waals surface area contributed by atoms with E-state index < -0.39 is 5.60 Å². The van der Waals surface area contributed by atoms with Crippen LogP contribution in [0.4, 0.5) is 5.82 Å². The molecule has 0 spiro atoms. The smallest absolute Gasteiger partial charge is 0.254 e. The number of benzene rings is 1. The highest BCUT2D eigenvalue weighted by molar-refractivity contribution is 6.00. The normalized spacial score (nSPS) is 27.6. The maximum Gasteiger partial charge on any atom is 0.254 e. The van der Waals surface area contributed by atoms with Gasteiger partial charge in [-0.05, 0) is 63.9 Å². The number of rotatable bonds is 6. The van der Waals surface area contributed by atoms with Gasteiger partial charge < -0.3 is 24.5 Å². The van der Waals surface area contributed by atoms with Crippen LogP contribution in [0.15, 0.2) is 29.8 Å². The van der Waals surface area contributed by atoms with E-state index in [-0.39, 0.29) is 24.4 Å². The van der Waals surface area contributed by atoms with Crippen molar-refractivity contribution in [2.24, 2.45) is 10.9 Å². The fraction of sp³-hybridized carbons (Fsp3) is 0.464. The van der Waals surface area contributed by atoms with Gasteiger partial charge in [0.05, 0.1) is 22.3 Å². The van der Waals surface area contributed by atoms with Crippen molar-refractivity contribution in [1.29, 1.82) is 0 Å². The molecule has 4 aliphatic rings. The fourth-order valence-electron chi connectivity index (χ4n) is 6.33. The van der Waals surface area contributed by atoms with E-state index in [4.69, 9.17) is 4.98 Å². The summed E-state index contributed by atoms with van der Waals surface area (Å²) in [6.07, 6.45) is 4.81. The molecule has 4 atom stereocenters. The van der Waals surface area contributed by atoms with Crippen molar-refractivity contribution < 1.29 is 9.90 Å². The average Bonchev–Trinajstić information content (AvgIpc) is 3.74. The van der Waals surface area contributed by atoms with Crippen molar-refractivity contribution in [3.8, 4) is 11.5 Å². The second-order valence-electron chi connectivity index (χ2n) is 11.2. The van der Waals surface area contributed by atoms with Gasteiger partial charge in [-0.3, -0.25) is 4.79 Å². The summed E-state index contributed by atoms with van der Waals surface area (Å²) in [4.78, 5) is 25.0. The standard InChI is InChI=1S/C28H32N6O2.ClH/c1-5-17-12-22(34(25(17)29-4)13-16-6-7-16)26-31-20-11-18(27(35)33-14-21-23(30-21)15(33)2)10-19-24(20)32(26)9-8-28(19,3)36;/h5,10-12,15-16,21,23,30,36H,1,4,6-9,13-14H2,2-3H3;1H. The number of hydrogen-bond donors (Lipinski definition) is 2. The molecule has 1 aliphatic carbocycles. The Morgan fingerprint density at radius 1 is 1.35 bits per heavy atom. The number of aliphatic hydroxyl groups is 1. The SMILES string of the molecule is C=Cc1cc(-c2nc3cc(C(=O)N4CC5NC5C4C)cc4c3n2CCC4(C)O)n(CC2CC2)c1N=C.Cl. The minimum absolute atomic E-state index is 0. The molecular weight excluding hydrogens is 488 g/mol. The van der Waals surface area contributed by atoms with Gasteiger partial charge >= 0.3 is 0 Å². The zero-order valence-corrected chi connectivity index (χ0v) is 22.1. The number of aromatic nitrogens is 3. The summed E-state index contributed by atoms with van der Waals surface area (Å²) in [5, 5.41) is 14.8. The molecule has 1 saturated carbocycles. The maximum absolute atomic E-state index is 13.6. The number of imidazole rings is 1. The van der Waals surface area contributed by atoms with Crippen LogP contribution in [-0.4, -0.2) is 61.4 Å². The summed E-state index contributed by atoms with van der Waals surface area (Å²) in [6, 6.07) is 6.86. The molecule has 1 amide bonds. The molecule has 37 heavy (non-hydrogen) atoms. The molecule has 3 fully saturated rings. The van der Waals surface area contributed by atoms with Gasteiger partial charge in [0.2, 0.25) is 0 Å². The van der Waals surface area contributed by atoms with Crippen LogP contribution in [0.25, 0.3) is 28.6 Å². The quantitative estimate of drug-likeness (QED) is 0.377. The predicted molar refractivity (Wildman–Crippen MR) is 148 cm³/mol. The van der Waals surface area contributed by atoms with Gasteiger partial charge in [-0.2, -0.15) is 0 Å². The van der Waals surface area contributed by atoms with Gasteiger partial charge in [-0.1, -0.05) is 12.7 Å². The van der Waals surface area contributed by atoms with Gasteiger partial charge in [0.1, 0.15) is 5.82 Å². The monoisotopic (exact) mass is 520 g/mol. The summed E-state index contributed by atoms with van der Waals surface area (Å²) in [6.45, 7) is 14.0. The van der Waals surface area contributed by atoms with Crippen molar-refractivity contribution in [3.05, 3.63) is 41.5 Å². The van der Waals surface area contributed by atoms with Gasteiger partial charge in [-0.25, -0.2) is 9.98 Å². The van der Waals surface area contributed by atoms with Crippen LogP contribution in [0.5, 0.6) is 0 Å². The molecule has 2 saturated heterocycles. The zero-order chi connectivity index (χ0) is 24.9. The third-order valence-electron chi connectivity index (χ3n) is 8.72. The van der Waals surface area contributed by atoms with E-state index in [1.54, 1.807) is 0 Å². The van der Waals surface area contributed by atoms with Gasteiger partial charge in [0, 0.05) is 54.5 Å². The number of nitrogens with zero attached hydrogens (tertiary/aromatic N) is 5. The van der Waals surface area contributed by atoms with Crippen LogP contribution in [0.2, 0.25) is 0 Å². The number of piperazine rings is 1. The number of fused-ring (bicyclic) bond motifs is 1. The largest absolute Gasteiger partial charge is 0.385 e. The lowest BCUT2D eigenvalue weighted by molar-refractivity contribution is 0.0398. The predicted octanol–water partition coefficient (Wildman–Crippen LogP) is 4.11. The van der Waals surface area contributed by atoms with Crippen molar-refractivity contribution >= 4 is 48.0 Å². The number of nitrogens with one attached hydrogen (secondary N) is 1. The molecular formula is C28H33ClN6O2. The molecule has 0 radical (unpaired) electrons. The summed E-state index contributed by atoms with van der Waals surface area (Å²) < 4.78 is 4.42. The highest BCUT2D eigenvalue weighted by Crippen LogP contribution is 2.43. The number of likely N-dealkylation sites (tertiary alicyclic amines) is 1. The van der Waals surface area contributed by atoms with E-state index in [0.717, 1.165) is 52.6 Å². The summed E-state index contributed by atoms with van der Waals surface area (Å²) in [7, 11) is 0. The van der Waals surface area contributed by atoms with E-state index >= 15 is 0 Å². The summed E-state index contributed by atoms with van der Waals surface area (Å²) in [5.41, 5.74) is 3.91. The number of carbonyl (C=O) groups excluding carboxylic acids is 1. The molecule has 0 bridgehead atoms. The third kappa shape index (κ3) is 3.60. The van der Waals surface area contributed by atoms with Crippen LogP contribution >= 0.6 is 12.4 Å². The lowest BCUT2D eigenvalue weighted by Crippen LogP contribution is -2.40. The molecule has 2 N–H and O–H groups in total. The first-order chi connectivity index (χ1) is 17.3. The van der Waals surface area contributed by atoms with E-state index in [1.807, 2.05) is 30.0 Å². The molecule has 3 aliphatic heterocycles. The summed E-state index contributed by atoms with van der Waals surface area (Å²) >= 11 is 0. The Morgan fingerprint density at radius 2 is 2.14 bits per heavy atom. The first-order valence-corrected chi connectivity index (χ1v) is 13.0. The highest BCUT2D eigenvalue weighted by Gasteiger charge is 2.52. The van der Waals surface area contributed by atoms with Crippen LogP contribution in [0.3, 0.4) is 0 Å². The number of halogens is 1. The second kappa shape index (κ2) is 8.28. The number of aliphatic imine (C=N–C) groups is 1. The Morgan fingerprint density at radius 3 is 2.78 bits per heavy atom. The van der Waals surface area contributed by atoms with E-state index in [0.29, 0.717) is 36.5 Å². The number of carbonyl (C=O) groups is 1. The lowest BCUT2D eigenvalue weighted by atomic mass is 9.87. The van der Waals surface area contributed by atoms with Crippen molar-refractivity contribution in [2.75, 3.05) is 6.54 Å². The minimum atomic E-state index is -1.03. The van der Waals surface area contributed by atoms with Crippen LogP contribution < -0.4 is 5.32 Å². The number of amides is 1. The third-order valence-corrected chi connectivity index (χ3v) is 8.72. The molecule has 9 heteroatoms. The summed E-state index contributed by atoms with van der Waals surface area (Å²) in [5.74, 6) is 2.31. The van der Waals surface area contributed by atoms with Crippen LogP contribution in [-0.2, 0) is 18.7 Å². The van der Waals surface area contributed by atoms with Gasteiger partial charge in [0.25, 0.3) is 5.91 Å². The minimum Gasteiger partial charge on any atom is -0.385 e. The fourth-order valence-corrected chi connectivity index (χ4v) is 6.33. The first kappa shape index (κ1) is 24.4. The molecule has 3 aromatic rings. The van der Waals surface area contributed by atoms with Crippen molar-refractivity contribution in [1.82, 2.24) is 24.3 Å². The average molecular weight is 521 g/mol. The van der Waals surface area contributed by atoms with Crippen LogP contribution in [0, 0.1) is 5.92 Å². The van der Waals surface area contributed by atoms with Crippen molar-refractivity contribution in [2.45, 2.75) is 69.9 Å². The number of hydrogen-bond acceptors (Lipinski definition) is 5. The Hall–Kier alpha value is -2.94. The topological polar surface area (TPSA) is 97.6 Å². The van der Waals surface area contributed by atoms with Crippen molar-refractivity contribution in [3.63, 3.8) is 0 Å².